The molecule has 0 aliphatic carbocycles. The van der Waals surface area contributed by atoms with Gasteiger partial charge in [-0.3, -0.25) is 4.79 Å². The second-order valence-electron chi connectivity index (χ2n) is 6.55. The van der Waals surface area contributed by atoms with E-state index in [1.807, 2.05) is 4.90 Å². The van der Waals surface area contributed by atoms with Crippen molar-refractivity contribution in [3.05, 3.63) is 23.5 Å². The maximum atomic E-state index is 14.1. The summed E-state index contributed by atoms with van der Waals surface area (Å²) in [4.78, 5) is 13.3. The fourth-order valence-corrected chi connectivity index (χ4v) is 2.72. The minimum absolute atomic E-state index is 0.0883. The Kier molecular flexibility index (Phi) is 3.63. The number of carbonyl (C=O) groups is 1. The van der Waals surface area contributed by atoms with Crippen LogP contribution in [0.3, 0.4) is 0 Å². The van der Waals surface area contributed by atoms with Crippen molar-refractivity contribution in [1.82, 2.24) is 0 Å². The molecule has 4 nitrogen and oxygen atoms in total. The Balaban J connectivity index is 2.30. The second-order valence-corrected chi connectivity index (χ2v) is 6.55. The van der Waals surface area contributed by atoms with Gasteiger partial charge >= 0.3 is 0 Å². The van der Waals surface area contributed by atoms with Gasteiger partial charge in [0.25, 0.3) is 5.91 Å². The van der Waals surface area contributed by atoms with Crippen molar-refractivity contribution < 1.29 is 9.18 Å². The first-order valence-corrected chi connectivity index (χ1v) is 6.84. The summed E-state index contributed by atoms with van der Waals surface area (Å²) in [5.41, 5.74) is 11.8. The van der Waals surface area contributed by atoms with Crippen molar-refractivity contribution in [3.8, 4) is 0 Å². The van der Waals surface area contributed by atoms with E-state index >= 15 is 0 Å². The normalized spacial score (nSPS) is 19.4. The van der Waals surface area contributed by atoms with E-state index in [2.05, 4.69) is 20.8 Å². The van der Waals surface area contributed by atoms with Crippen LogP contribution in [0.5, 0.6) is 0 Å². The summed E-state index contributed by atoms with van der Waals surface area (Å²) in [6.07, 6.45) is 1.01. The van der Waals surface area contributed by atoms with Crippen molar-refractivity contribution >= 4 is 17.3 Å². The first-order chi connectivity index (χ1) is 9.20. The average molecular weight is 279 g/mol. The van der Waals surface area contributed by atoms with Crippen LogP contribution < -0.4 is 16.4 Å². The van der Waals surface area contributed by atoms with Gasteiger partial charge in [0.05, 0.1) is 11.3 Å². The lowest BCUT2D eigenvalue weighted by molar-refractivity contribution is 0.100. The van der Waals surface area contributed by atoms with Crippen molar-refractivity contribution in [1.29, 1.82) is 0 Å². The highest BCUT2D eigenvalue weighted by Gasteiger charge is 2.33. The van der Waals surface area contributed by atoms with Crippen molar-refractivity contribution in [2.24, 2.45) is 17.1 Å². The zero-order chi connectivity index (χ0) is 15.1. The molecule has 1 aliphatic heterocycles. The molecule has 1 heterocycles. The summed E-state index contributed by atoms with van der Waals surface area (Å²) in [5, 5.41) is 0. The zero-order valence-corrected chi connectivity index (χ0v) is 12.2. The zero-order valence-electron chi connectivity index (χ0n) is 12.2. The van der Waals surface area contributed by atoms with Crippen LogP contribution in [-0.4, -0.2) is 19.0 Å². The number of anilines is 2. The average Bonchev–Trinajstić information content (AvgIpc) is 2.77. The summed E-state index contributed by atoms with van der Waals surface area (Å²) in [7, 11) is 0. The summed E-state index contributed by atoms with van der Waals surface area (Å²) in [6, 6.07) is 2.65. The number of nitrogens with zero attached hydrogens (tertiary/aromatic N) is 1. The molecule has 1 aromatic rings. The van der Waals surface area contributed by atoms with Crippen LogP contribution in [0.1, 0.15) is 37.6 Å². The number of carbonyl (C=O) groups excluding carboxylic acids is 1. The number of benzene rings is 1. The van der Waals surface area contributed by atoms with E-state index in [1.54, 1.807) is 0 Å². The molecule has 4 N–H and O–H groups in total. The molecule has 1 saturated heterocycles. The molecule has 110 valence electrons. The Hall–Kier alpha value is -1.78. The molecule has 0 radical (unpaired) electrons. The third kappa shape index (κ3) is 2.71. The summed E-state index contributed by atoms with van der Waals surface area (Å²) in [6.45, 7) is 8.13. The lowest BCUT2D eigenvalue weighted by atomic mass is 9.80. The first-order valence-electron chi connectivity index (χ1n) is 6.84. The Morgan fingerprint density at radius 1 is 1.40 bits per heavy atom. The highest BCUT2D eigenvalue weighted by atomic mass is 19.1. The molecule has 0 saturated carbocycles. The number of amides is 1. The Morgan fingerprint density at radius 3 is 2.55 bits per heavy atom. The molecule has 0 aromatic heterocycles. The van der Waals surface area contributed by atoms with Crippen LogP contribution in [0.15, 0.2) is 12.1 Å². The molecule has 20 heavy (non-hydrogen) atoms. The summed E-state index contributed by atoms with van der Waals surface area (Å²) >= 11 is 0. The smallest absolute Gasteiger partial charge is 0.250 e. The SMILES string of the molecule is CC(C)(C)C1CCN(c2cc(C(N)=O)c(N)cc2F)C1. The fourth-order valence-electron chi connectivity index (χ4n) is 2.72. The molecule has 1 atom stereocenters. The summed E-state index contributed by atoms with van der Waals surface area (Å²) < 4.78 is 14.1. The Morgan fingerprint density at radius 2 is 2.05 bits per heavy atom. The van der Waals surface area contributed by atoms with Crippen molar-refractivity contribution in [2.75, 3.05) is 23.7 Å². The highest BCUT2D eigenvalue weighted by molar-refractivity contribution is 5.99. The van der Waals surface area contributed by atoms with Crippen LogP contribution in [0.25, 0.3) is 0 Å². The van der Waals surface area contributed by atoms with Crippen molar-refractivity contribution in [3.63, 3.8) is 0 Å². The van der Waals surface area contributed by atoms with Crippen LogP contribution in [0, 0.1) is 17.2 Å². The largest absolute Gasteiger partial charge is 0.398 e. The van der Waals surface area contributed by atoms with E-state index in [9.17, 15) is 9.18 Å². The third-order valence-corrected chi connectivity index (χ3v) is 4.14. The van der Waals surface area contributed by atoms with E-state index in [4.69, 9.17) is 11.5 Å². The van der Waals surface area contributed by atoms with Gasteiger partial charge in [-0.2, -0.15) is 0 Å². The highest BCUT2D eigenvalue weighted by Crippen LogP contribution is 2.37. The van der Waals surface area contributed by atoms with E-state index in [1.165, 1.54) is 12.1 Å². The van der Waals surface area contributed by atoms with Gasteiger partial charge in [-0.25, -0.2) is 4.39 Å². The Labute approximate surface area is 118 Å². The molecular formula is C15H22FN3O. The quantitative estimate of drug-likeness (QED) is 0.816. The number of rotatable bonds is 2. The lowest BCUT2D eigenvalue weighted by Gasteiger charge is -2.27. The second kappa shape index (κ2) is 4.96. The molecular weight excluding hydrogens is 257 g/mol. The monoisotopic (exact) mass is 279 g/mol. The van der Waals surface area contributed by atoms with Gasteiger partial charge in [-0.1, -0.05) is 20.8 Å². The molecule has 0 bridgehead atoms. The maximum absolute atomic E-state index is 14.1. The standard InChI is InChI=1S/C15H22FN3O/c1-15(2,3)9-4-5-19(8-9)13-6-10(14(18)20)12(17)7-11(13)16/h6-7,9H,4-5,8,17H2,1-3H3,(H2,18,20). The van der Waals surface area contributed by atoms with Crippen LogP contribution >= 0.6 is 0 Å². The minimum atomic E-state index is -0.629. The number of primary amides is 1. The van der Waals surface area contributed by atoms with Gasteiger partial charge < -0.3 is 16.4 Å². The topological polar surface area (TPSA) is 72.3 Å². The molecule has 0 spiro atoms. The number of halogens is 1. The molecule has 1 aliphatic rings. The maximum Gasteiger partial charge on any atom is 0.250 e. The van der Waals surface area contributed by atoms with E-state index < -0.39 is 11.7 Å². The number of nitrogen functional groups attached to an aromatic ring is 1. The molecule has 1 fully saturated rings. The van der Waals surface area contributed by atoms with Crippen LogP contribution in [0.2, 0.25) is 0 Å². The lowest BCUT2D eigenvalue weighted by Crippen LogP contribution is -2.27. The molecule has 1 unspecified atom stereocenters. The van der Waals surface area contributed by atoms with Gasteiger partial charge in [0, 0.05) is 18.8 Å². The third-order valence-electron chi connectivity index (χ3n) is 4.14. The number of nitrogens with two attached hydrogens (primary N) is 2. The van der Waals surface area contributed by atoms with E-state index in [-0.39, 0.29) is 16.7 Å². The van der Waals surface area contributed by atoms with E-state index in [0.29, 0.717) is 11.6 Å². The number of hydrogen-bond donors (Lipinski definition) is 2. The Bertz CT molecular complexity index is 537. The van der Waals surface area contributed by atoms with E-state index in [0.717, 1.165) is 19.5 Å². The predicted molar refractivity (Wildman–Crippen MR) is 79.1 cm³/mol. The van der Waals surface area contributed by atoms with Crippen LogP contribution in [0.4, 0.5) is 15.8 Å². The summed E-state index contributed by atoms with van der Waals surface area (Å²) in [5.74, 6) is -0.533. The molecule has 1 aromatic carbocycles. The fraction of sp³-hybridized carbons (Fsp3) is 0.533. The van der Waals surface area contributed by atoms with Gasteiger partial charge in [-0.15, -0.1) is 0 Å². The van der Waals surface area contributed by atoms with Gasteiger partial charge in [0.1, 0.15) is 5.82 Å². The molecule has 5 heteroatoms. The molecule has 2 rings (SSSR count). The van der Waals surface area contributed by atoms with Gasteiger partial charge in [0.15, 0.2) is 0 Å². The van der Waals surface area contributed by atoms with Crippen molar-refractivity contribution in [2.45, 2.75) is 27.2 Å². The van der Waals surface area contributed by atoms with Gasteiger partial charge in [0.2, 0.25) is 0 Å². The van der Waals surface area contributed by atoms with Gasteiger partial charge in [-0.05, 0) is 29.9 Å². The molecule has 1 amide bonds. The van der Waals surface area contributed by atoms with Crippen LogP contribution in [-0.2, 0) is 0 Å². The number of hydrogen-bond acceptors (Lipinski definition) is 3. The first kappa shape index (κ1) is 14.6. The predicted octanol–water partition coefficient (Wildman–Crippen LogP) is 2.38. The minimum Gasteiger partial charge on any atom is -0.398 e.